The molecule has 14 heteroatoms. The van der Waals surface area contributed by atoms with E-state index in [9.17, 15) is 31.1 Å². The van der Waals surface area contributed by atoms with Crippen LogP contribution in [-0.4, -0.2) is 78.9 Å². The van der Waals surface area contributed by atoms with Crippen molar-refractivity contribution in [1.82, 2.24) is 20.2 Å². The summed E-state index contributed by atoms with van der Waals surface area (Å²) in [6, 6.07) is 3.63. The van der Waals surface area contributed by atoms with Gasteiger partial charge in [-0.3, -0.25) is 4.79 Å². The molecule has 8 nitrogen and oxygen atoms in total. The van der Waals surface area contributed by atoms with Crippen LogP contribution in [0.3, 0.4) is 0 Å². The fourth-order valence-corrected chi connectivity index (χ4v) is 5.90. The van der Waals surface area contributed by atoms with Crippen LogP contribution in [0.25, 0.3) is 0 Å². The number of carbonyl (C=O) groups is 1. The van der Waals surface area contributed by atoms with E-state index in [2.05, 4.69) is 15.3 Å². The summed E-state index contributed by atoms with van der Waals surface area (Å²) >= 11 is 0. The van der Waals surface area contributed by atoms with Crippen LogP contribution in [0.15, 0.2) is 18.2 Å². The summed E-state index contributed by atoms with van der Waals surface area (Å²) in [7, 11) is 1.63. The predicted octanol–water partition coefficient (Wildman–Crippen LogP) is 4.38. The Morgan fingerprint density at radius 1 is 1.02 bits per heavy atom. The van der Waals surface area contributed by atoms with Crippen molar-refractivity contribution < 1.29 is 40.6 Å². The third-order valence-corrected chi connectivity index (χ3v) is 8.26. The molecule has 4 heterocycles. The number of amides is 1. The Hall–Kier alpha value is -2.97. The van der Waals surface area contributed by atoms with E-state index in [1.807, 2.05) is 0 Å². The molecule has 0 saturated carbocycles. The molecule has 230 valence electrons. The van der Waals surface area contributed by atoms with Crippen LogP contribution in [0.2, 0.25) is 0 Å². The number of methoxy groups -OCH3 is 1. The normalized spacial score (nSPS) is 22.3. The Kier molecular flexibility index (Phi) is 8.68. The van der Waals surface area contributed by atoms with Gasteiger partial charge in [0.1, 0.15) is 11.5 Å². The van der Waals surface area contributed by atoms with Crippen LogP contribution < -0.4 is 10.2 Å². The summed E-state index contributed by atoms with van der Waals surface area (Å²) in [5, 5.41) is 3.58. The number of ether oxygens (including phenoxy) is 2. The second-order valence-corrected chi connectivity index (χ2v) is 11.0. The van der Waals surface area contributed by atoms with Crippen molar-refractivity contribution in [2.75, 3.05) is 44.9 Å². The molecule has 3 aliphatic rings. The second kappa shape index (κ2) is 12.0. The molecule has 5 rings (SSSR count). The van der Waals surface area contributed by atoms with Crippen molar-refractivity contribution in [3.05, 3.63) is 52.0 Å². The quantitative estimate of drug-likeness (QED) is 0.510. The highest BCUT2D eigenvalue weighted by Crippen LogP contribution is 2.35. The molecule has 0 spiro atoms. The van der Waals surface area contributed by atoms with Gasteiger partial charge in [0.15, 0.2) is 0 Å². The molecular formula is C28H33F6N5O3. The number of hydrogen-bond acceptors (Lipinski definition) is 7. The third-order valence-electron chi connectivity index (χ3n) is 8.26. The third kappa shape index (κ3) is 6.50. The molecule has 1 N–H and O–H groups in total. The first-order valence-electron chi connectivity index (χ1n) is 13.9. The van der Waals surface area contributed by atoms with Crippen molar-refractivity contribution in [2.24, 2.45) is 0 Å². The minimum atomic E-state index is -4.92. The van der Waals surface area contributed by atoms with Crippen molar-refractivity contribution in [1.29, 1.82) is 0 Å². The summed E-state index contributed by atoms with van der Waals surface area (Å²) in [4.78, 5) is 23.9. The van der Waals surface area contributed by atoms with Crippen molar-refractivity contribution in [3.8, 4) is 0 Å². The van der Waals surface area contributed by atoms with E-state index in [1.165, 1.54) is 22.8 Å². The summed E-state index contributed by atoms with van der Waals surface area (Å²) in [5.74, 6) is -2.19. The van der Waals surface area contributed by atoms with E-state index in [0.717, 1.165) is 18.6 Å². The number of halogens is 6. The minimum absolute atomic E-state index is 0.0756. The van der Waals surface area contributed by atoms with Gasteiger partial charge in [-0.25, -0.2) is 9.97 Å². The first-order chi connectivity index (χ1) is 19.8. The van der Waals surface area contributed by atoms with Crippen LogP contribution in [0.5, 0.6) is 0 Å². The number of nitrogens with zero attached hydrogens (tertiary/aromatic N) is 4. The van der Waals surface area contributed by atoms with Gasteiger partial charge in [0.25, 0.3) is 5.91 Å². The Balaban J connectivity index is 1.35. The van der Waals surface area contributed by atoms with Crippen LogP contribution in [0.4, 0.5) is 32.2 Å². The molecule has 1 amide bonds. The summed E-state index contributed by atoms with van der Waals surface area (Å²) in [6.07, 6.45) is -7.24. The molecular weight excluding hydrogens is 568 g/mol. The van der Waals surface area contributed by atoms with Gasteiger partial charge in [-0.1, -0.05) is 6.07 Å². The highest BCUT2D eigenvalue weighted by molar-refractivity contribution is 5.95. The number of carbonyl (C=O) groups excluding carboxylic acids is 1. The van der Waals surface area contributed by atoms with Crippen molar-refractivity contribution in [3.63, 3.8) is 0 Å². The Morgan fingerprint density at radius 3 is 2.43 bits per heavy atom. The highest BCUT2D eigenvalue weighted by atomic mass is 19.4. The average Bonchev–Trinajstić information content (AvgIpc) is 2.96. The van der Waals surface area contributed by atoms with E-state index < -0.39 is 29.6 Å². The average molecular weight is 602 g/mol. The summed E-state index contributed by atoms with van der Waals surface area (Å²) < 4.78 is 92.5. The number of piperidine rings is 1. The van der Waals surface area contributed by atoms with Crippen LogP contribution in [0, 0.1) is 6.92 Å². The Bertz CT molecular complexity index is 1300. The van der Waals surface area contributed by atoms with Gasteiger partial charge in [-0.2, -0.15) is 26.3 Å². The Morgan fingerprint density at radius 2 is 1.76 bits per heavy atom. The van der Waals surface area contributed by atoms with Crippen LogP contribution in [0.1, 0.15) is 57.8 Å². The van der Waals surface area contributed by atoms with Gasteiger partial charge in [-0.15, -0.1) is 0 Å². The SMILES string of the molecule is COC1COCC[C@@H]1NC1CCN(C(=O)c2nc(C(F)(F)F)nc(N3CCc4ccc(C(F)(F)F)cc4C3)c2C)CC1. The minimum Gasteiger partial charge on any atom is -0.379 e. The molecule has 2 aromatic rings. The first-order valence-corrected chi connectivity index (χ1v) is 13.9. The molecule has 0 radical (unpaired) electrons. The lowest BCUT2D eigenvalue weighted by atomic mass is 9.96. The van der Waals surface area contributed by atoms with E-state index in [-0.39, 0.29) is 48.4 Å². The smallest absolute Gasteiger partial charge is 0.379 e. The van der Waals surface area contributed by atoms with Crippen LogP contribution >= 0.6 is 0 Å². The fraction of sp³-hybridized carbons (Fsp3) is 0.607. The van der Waals surface area contributed by atoms with E-state index in [4.69, 9.17) is 9.47 Å². The zero-order chi connectivity index (χ0) is 30.2. The largest absolute Gasteiger partial charge is 0.451 e. The topological polar surface area (TPSA) is 79.8 Å². The van der Waals surface area contributed by atoms with Gasteiger partial charge in [0.05, 0.1) is 18.3 Å². The van der Waals surface area contributed by atoms with Gasteiger partial charge in [0, 0.05) is 57.5 Å². The molecule has 2 fully saturated rings. The zero-order valence-electron chi connectivity index (χ0n) is 23.3. The summed E-state index contributed by atoms with van der Waals surface area (Å²) in [5.41, 5.74) is 0.0192. The standard InChI is InChI=1S/C28H33F6N5O3/c1-16-23(25(40)38-10-6-20(7-11-38)35-21-8-12-42-15-22(21)41-2)36-26(28(32,33)34)37-24(16)39-9-5-17-3-4-19(27(29,30)31)13-18(17)14-39/h3-4,13,20-22,35H,5-12,14-15H2,1-2H3/t21-,22?/m0/s1. The Labute approximate surface area is 239 Å². The highest BCUT2D eigenvalue weighted by Gasteiger charge is 2.39. The lowest BCUT2D eigenvalue weighted by molar-refractivity contribution is -0.145. The molecule has 0 bridgehead atoms. The van der Waals surface area contributed by atoms with E-state index in [0.29, 0.717) is 56.7 Å². The predicted molar refractivity (Wildman–Crippen MR) is 140 cm³/mol. The van der Waals surface area contributed by atoms with Gasteiger partial charge < -0.3 is 24.6 Å². The summed E-state index contributed by atoms with van der Waals surface area (Å²) in [6.45, 7) is 3.41. The second-order valence-electron chi connectivity index (χ2n) is 11.0. The molecule has 2 atom stereocenters. The number of aromatic nitrogens is 2. The monoisotopic (exact) mass is 601 g/mol. The van der Waals surface area contributed by atoms with E-state index in [1.54, 1.807) is 7.11 Å². The maximum atomic E-state index is 13.9. The van der Waals surface area contributed by atoms with Gasteiger partial charge in [0.2, 0.25) is 5.82 Å². The van der Waals surface area contributed by atoms with E-state index >= 15 is 0 Å². The van der Waals surface area contributed by atoms with Gasteiger partial charge >= 0.3 is 12.4 Å². The maximum Gasteiger partial charge on any atom is 0.451 e. The molecule has 42 heavy (non-hydrogen) atoms. The zero-order valence-corrected chi connectivity index (χ0v) is 23.3. The lowest BCUT2D eigenvalue weighted by Crippen LogP contribution is -2.54. The molecule has 1 aromatic carbocycles. The number of anilines is 1. The number of likely N-dealkylation sites (tertiary alicyclic amines) is 1. The molecule has 2 saturated heterocycles. The van der Waals surface area contributed by atoms with Gasteiger partial charge in [-0.05, 0) is 55.9 Å². The number of nitrogens with one attached hydrogen (secondary N) is 1. The molecule has 0 aliphatic carbocycles. The fourth-order valence-electron chi connectivity index (χ4n) is 5.90. The number of fused-ring (bicyclic) bond motifs is 1. The number of hydrogen-bond donors (Lipinski definition) is 1. The molecule has 3 aliphatic heterocycles. The van der Waals surface area contributed by atoms with Crippen molar-refractivity contribution in [2.45, 2.75) is 69.7 Å². The van der Waals surface area contributed by atoms with Crippen molar-refractivity contribution >= 4 is 11.7 Å². The number of alkyl halides is 6. The molecule has 1 unspecified atom stereocenters. The first kappa shape index (κ1) is 30.5. The number of benzene rings is 1. The molecule has 1 aromatic heterocycles. The lowest BCUT2D eigenvalue weighted by Gasteiger charge is -2.38. The maximum absolute atomic E-state index is 13.9. The van der Waals surface area contributed by atoms with Crippen LogP contribution in [-0.2, 0) is 34.8 Å². The number of rotatable bonds is 5.